The fourth-order valence-corrected chi connectivity index (χ4v) is 5.24. The number of aromatic nitrogens is 3. The van der Waals surface area contributed by atoms with E-state index >= 15 is 0 Å². The van der Waals surface area contributed by atoms with E-state index in [1.807, 2.05) is 6.20 Å². The van der Waals surface area contributed by atoms with Crippen molar-refractivity contribution >= 4 is 28.6 Å². The number of rotatable bonds is 7. The van der Waals surface area contributed by atoms with Crippen molar-refractivity contribution in [2.24, 2.45) is 0 Å². The summed E-state index contributed by atoms with van der Waals surface area (Å²) >= 11 is 0. The lowest BCUT2D eigenvalue weighted by Crippen LogP contribution is -2.47. The predicted molar refractivity (Wildman–Crippen MR) is 132 cm³/mol. The predicted octanol–water partition coefficient (Wildman–Crippen LogP) is 4.61. The van der Waals surface area contributed by atoms with Gasteiger partial charge < -0.3 is 20.6 Å². The van der Waals surface area contributed by atoms with E-state index in [9.17, 15) is 23.1 Å². The standard InChI is InChI=1S/C25H35F3N6O2/c1-3-4-15(2)31-24-30-14-20-21(33-24)19(16-5-7-18(35)8-6-16)13-29-22(20)32-17-9-11-34(12-10-17)23(36)25(26,27)28/h13-18,35H,3-12H2,1-2H3,(H,29,32)(H,30,31,33). The van der Waals surface area contributed by atoms with Gasteiger partial charge in [0.15, 0.2) is 0 Å². The maximum Gasteiger partial charge on any atom is 0.471 e. The molecule has 0 bridgehead atoms. The van der Waals surface area contributed by atoms with Crippen molar-refractivity contribution in [2.45, 2.75) is 95.5 Å². The number of halogens is 3. The summed E-state index contributed by atoms with van der Waals surface area (Å²) in [6.45, 7) is 4.30. The molecule has 2 aromatic rings. The summed E-state index contributed by atoms with van der Waals surface area (Å²) in [4.78, 5) is 26.5. The Morgan fingerprint density at radius 1 is 1.14 bits per heavy atom. The maximum absolute atomic E-state index is 12.8. The normalized spacial score (nSPS) is 22.4. The lowest BCUT2D eigenvalue weighted by molar-refractivity contribution is -0.186. The smallest absolute Gasteiger partial charge is 0.393 e. The van der Waals surface area contributed by atoms with Crippen molar-refractivity contribution < 1.29 is 23.1 Å². The molecule has 4 rings (SSSR count). The second-order valence-corrected chi connectivity index (χ2v) is 10.1. The van der Waals surface area contributed by atoms with Crippen molar-refractivity contribution in [1.82, 2.24) is 19.9 Å². The van der Waals surface area contributed by atoms with E-state index in [-0.39, 0.29) is 37.2 Å². The molecule has 11 heteroatoms. The average Bonchev–Trinajstić information content (AvgIpc) is 2.84. The lowest BCUT2D eigenvalue weighted by atomic mass is 9.82. The monoisotopic (exact) mass is 508 g/mol. The number of aliphatic hydroxyl groups excluding tert-OH is 1. The second-order valence-electron chi connectivity index (χ2n) is 10.1. The van der Waals surface area contributed by atoms with Crippen LogP contribution in [-0.4, -0.2) is 68.3 Å². The third kappa shape index (κ3) is 6.16. The largest absolute Gasteiger partial charge is 0.471 e. The summed E-state index contributed by atoms with van der Waals surface area (Å²) in [6.07, 6.45) is 4.49. The molecule has 2 aromatic heterocycles. The third-order valence-corrected chi connectivity index (χ3v) is 7.25. The van der Waals surface area contributed by atoms with Crippen LogP contribution in [0, 0.1) is 0 Å². The Kier molecular flexibility index (Phi) is 8.17. The zero-order chi connectivity index (χ0) is 25.9. The van der Waals surface area contributed by atoms with Gasteiger partial charge in [-0.25, -0.2) is 15.0 Å². The van der Waals surface area contributed by atoms with Crippen molar-refractivity contribution in [3.63, 3.8) is 0 Å². The Morgan fingerprint density at radius 2 is 1.83 bits per heavy atom. The molecule has 8 nitrogen and oxygen atoms in total. The van der Waals surface area contributed by atoms with Crippen LogP contribution in [0.2, 0.25) is 0 Å². The highest BCUT2D eigenvalue weighted by Gasteiger charge is 2.43. The number of nitrogens with zero attached hydrogens (tertiary/aromatic N) is 4. The van der Waals surface area contributed by atoms with Gasteiger partial charge in [0.05, 0.1) is 17.0 Å². The topological polar surface area (TPSA) is 103 Å². The van der Waals surface area contributed by atoms with Crippen LogP contribution in [0.4, 0.5) is 24.9 Å². The minimum atomic E-state index is -4.85. The van der Waals surface area contributed by atoms with Crippen LogP contribution in [0.25, 0.3) is 10.9 Å². The van der Waals surface area contributed by atoms with E-state index in [0.29, 0.717) is 24.6 Å². The molecule has 3 heterocycles. The fourth-order valence-electron chi connectivity index (χ4n) is 5.24. The van der Waals surface area contributed by atoms with Crippen LogP contribution in [0.1, 0.15) is 76.7 Å². The number of alkyl halides is 3. The number of nitrogens with one attached hydrogen (secondary N) is 2. The van der Waals surface area contributed by atoms with Gasteiger partial charge >= 0.3 is 12.1 Å². The molecule has 198 valence electrons. The molecule has 2 aliphatic rings. The van der Waals surface area contributed by atoms with Crippen LogP contribution in [0.15, 0.2) is 12.4 Å². The first kappa shape index (κ1) is 26.4. The number of carbonyl (C=O) groups excluding carboxylic acids is 1. The number of pyridine rings is 1. The number of hydrogen-bond acceptors (Lipinski definition) is 7. The molecular formula is C25H35F3N6O2. The number of hydrogen-bond donors (Lipinski definition) is 3. The van der Waals surface area contributed by atoms with Gasteiger partial charge in [-0.3, -0.25) is 4.79 Å². The first-order valence-corrected chi connectivity index (χ1v) is 12.9. The van der Waals surface area contributed by atoms with Gasteiger partial charge in [-0.2, -0.15) is 13.2 Å². The minimum Gasteiger partial charge on any atom is -0.393 e. The number of likely N-dealkylation sites (tertiary alicyclic amines) is 1. The zero-order valence-corrected chi connectivity index (χ0v) is 20.8. The van der Waals surface area contributed by atoms with E-state index in [1.54, 1.807) is 6.20 Å². The molecule has 1 amide bonds. The summed E-state index contributed by atoms with van der Waals surface area (Å²) in [5, 5.41) is 17.5. The molecule has 3 N–H and O–H groups in total. The van der Waals surface area contributed by atoms with Gasteiger partial charge in [0, 0.05) is 43.1 Å². The molecule has 1 aliphatic carbocycles. The van der Waals surface area contributed by atoms with Crippen LogP contribution in [0.3, 0.4) is 0 Å². The van der Waals surface area contributed by atoms with Gasteiger partial charge in [0.25, 0.3) is 0 Å². The summed E-state index contributed by atoms with van der Waals surface area (Å²) in [5.41, 5.74) is 1.83. The molecule has 0 spiro atoms. The highest BCUT2D eigenvalue weighted by atomic mass is 19.4. The first-order chi connectivity index (χ1) is 17.2. The van der Waals surface area contributed by atoms with Crippen LogP contribution in [0.5, 0.6) is 0 Å². The quantitative estimate of drug-likeness (QED) is 0.502. The number of piperidine rings is 1. The highest BCUT2D eigenvalue weighted by Crippen LogP contribution is 2.37. The summed E-state index contributed by atoms with van der Waals surface area (Å²) in [7, 11) is 0. The molecule has 0 radical (unpaired) electrons. The fraction of sp³-hybridized carbons (Fsp3) is 0.680. The van der Waals surface area contributed by atoms with Crippen molar-refractivity contribution in [3.8, 4) is 0 Å². The number of aliphatic hydroxyl groups is 1. The molecule has 0 aromatic carbocycles. The third-order valence-electron chi connectivity index (χ3n) is 7.25. The Morgan fingerprint density at radius 3 is 2.47 bits per heavy atom. The Hall–Kier alpha value is -2.69. The molecule has 1 aliphatic heterocycles. The van der Waals surface area contributed by atoms with Crippen molar-refractivity contribution in [1.29, 1.82) is 0 Å². The number of carbonyl (C=O) groups is 1. The summed E-state index contributed by atoms with van der Waals surface area (Å²) in [6, 6.07) is 0.112. The van der Waals surface area contributed by atoms with E-state index in [1.165, 1.54) is 0 Å². The van der Waals surface area contributed by atoms with E-state index in [2.05, 4.69) is 34.4 Å². The molecule has 1 atom stereocenters. The second kappa shape index (κ2) is 11.1. The molecule has 2 fully saturated rings. The van der Waals surface area contributed by atoms with Crippen molar-refractivity contribution in [2.75, 3.05) is 23.7 Å². The van der Waals surface area contributed by atoms with Gasteiger partial charge in [-0.15, -0.1) is 0 Å². The molecular weight excluding hydrogens is 473 g/mol. The Labute approximate surface area is 209 Å². The van der Waals surface area contributed by atoms with E-state index in [4.69, 9.17) is 4.98 Å². The average molecular weight is 509 g/mol. The first-order valence-electron chi connectivity index (χ1n) is 12.9. The highest BCUT2D eigenvalue weighted by molar-refractivity contribution is 5.91. The number of amides is 1. The van der Waals surface area contributed by atoms with Crippen LogP contribution < -0.4 is 10.6 Å². The van der Waals surface area contributed by atoms with Gasteiger partial charge in [-0.1, -0.05) is 13.3 Å². The molecule has 1 unspecified atom stereocenters. The minimum absolute atomic E-state index is 0.0380. The van der Waals surface area contributed by atoms with Crippen LogP contribution >= 0.6 is 0 Å². The Balaban J connectivity index is 1.56. The number of anilines is 2. The number of fused-ring (bicyclic) bond motifs is 1. The van der Waals surface area contributed by atoms with Crippen molar-refractivity contribution in [3.05, 3.63) is 18.0 Å². The molecule has 36 heavy (non-hydrogen) atoms. The zero-order valence-electron chi connectivity index (χ0n) is 20.8. The lowest BCUT2D eigenvalue weighted by Gasteiger charge is -2.33. The molecule has 1 saturated carbocycles. The van der Waals surface area contributed by atoms with Gasteiger partial charge in [0.2, 0.25) is 5.95 Å². The Bertz CT molecular complexity index is 1050. The maximum atomic E-state index is 12.8. The summed E-state index contributed by atoms with van der Waals surface area (Å²) in [5.74, 6) is -0.392. The SMILES string of the molecule is CCCC(C)Nc1ncc2c(NC3CCN(C(=O)C(F)(F)F)CC3)ncc(C3CCC(O)CC3)c2n1. The summed E-state index contributed by atoms with van der Waals surface area (Å²) < 4.78 is 38.3. The van der Waals surface area contributed by atoms with Gasteiger partial charge in [-0.05, 0) is 57.8 Å². The van der Waals surface area contributed by atoms with E-state index in [0.717, 1.165) is 59.9 Å². The van der Waals surface area contributed by atoms with Crippen LogP contribution in [-0.2, 0) is 4.79 Å². The van der Waals surface area contributed by atoms with E-state index < -0.39 is 12.1 Å². The van der Waals surface area contributed by atoms with Gasteiger partial charge in [0.1, 0.15) is 5.82 Å². The molecule has 1 saturated heterocycles.